The zero-order valence-corrected chi connectivity index (χ0v) is 11.4. The van der Waals surface area contributed by atoms with Crippen LogP contribution < -0.4 is 16.0 Å². The number of urea groups is 1. The van der Waals surface area contributed by atoms with Gasteiger partial charge in [0.1, 0.15) is 5.75 Å². The molecule has 0 aromatic heterocycles. The molecule has 1 fully saturated rings. The molecule has 0 radical (unpaired) electrons. The fraction of sp³-hybridized carbons (Fsp3) is 0.500. The Morgan fingerprint density at radius 1 is 1.37 bits per heavy atom. The molecule has 1 aliphatic rings. The molecule has 19 heavy (non-hydrogen) atoms. The van der Waals surface area contributed by atoms with Crippen LogP contribution in [-0.2, 0) is 6.42 Å². The molecule has 104 valence electrons. The van der Waals surface area contributed by atoms with Crippen molar-refractivity contribution in [1.29, 1.82) is 0 Å². The third-order valence-corrected chi connectivity index (χ3v) is 3.37. The molecule has 0 unspecified atom stereocenters. The second-order valence-corrected chi connectivity index (χ2v) is 5.08. The number of rotatable bonds is 4. The van der Waals surface area contributed by atoms with Gasteiger partial charge >= 0.3 is 6.03 Å². The molecule has 2 amide bonds. The first-order valence-electron chi connectivity index (χ1n) is 6.60. The molecule has 1 aliphatic heterocycles. The Labute approximate surface area is 113 Å². The number of phenolic OH excluding ortho intramolecular Hbond substituents is 1. The number of carbonyl (C=O) groups excluding carboxylic acids is 1. The van der Waals surface area contributed by atoms with Gasteiger partial charge in [0.25, 0.3) is 0 Å². The Kier molecular flexibility index (Phi) is 4.27. The van der Waals surface area contributed by atoms with E-state index in [4.69, 9.17) is 0 Å². The van der Waals surface area contributed by atoms with E-state index in [-0.39, 0.29) is 12.1 Å². The van der Waals surface area contributed by atoms with Crippen molar-refractivity contribution in [3.8, 4) is 5.75 Å². The van der Waals surface area contributed by atoms with Gasteiger partial charge in [-0.3, -0.25) is 0 Å². The first-order valence-corrected chi connectivity index (χ1v) is 6.60. The average Bonchev–Trinajstić information content (AvgIpc) is 2.31. The minimum absolute atomic E-state index is 0.112. The van der Waals surface area contributed by atoms with Crippen LogP contribution in [0, 0.1) is 13.8 Å². The summed E-state index contributed by atoms with van der Waals surface area (Å²) in [6.45, 7) is 6.06. The maximum absolute atomic E-state index is 11.5. The molecule has 0 spiro atoms. The molecule has 0 aliphatic carbocycles. The molecule has 0 saturated carbocycles. The van der Waals surface area contributed by atoms with Gasteiger partial charge in [0, 0.05) is 19.6 Å². The second kappa shape index (κ2) is 5.93. The van der Waals surface area contributed by atoms with Crippen LogP contribution in [0.15, 0.2) is 12.1 Å². The summed E-state index contributed by atoms with van der Waals surface area (Å²) in [5.41, 5.74) is 2.87. The number of aryl methyl sites for hydroxylation is 2. The average molecular weight is 263 g/mol. The molecule has 5 heteroatoms. The van der Waals surface area contributed by atoms with Gasteiger partial charge in [-0.25, -0.2) is 4.79 Å². The zero-order chi connectivity index (χ0) is 13.8. The van der Waals surface area contributed by atoms with Crippen LogP contribution in [0.25, 0.3) is 0 Å². The topological polar surface area (TPSA) is 73.4 Å². The third kappa shape index (κ3) is 3.61. The first-order chi connectivity index (χ1) is 9.06. The van der Waals surface area contributed by atoms with Crippen LogP contribution in [0.4, 0.5) is 4.79 Å². The number of hydrogen-bond donors (Lipinski definition) is 4. The van der Waals surface area contributed by atoms with E-state index in [0.717, 1.165) is 36.2 Å². The van der Waals surface area contributed by atoms with E-state index < -0.39 is 0 Å². The predicted octanol–water partition coefficient (Wildman–Crippen LogP) is 0.823. The lowest BCUT2D eigenvalue weighted by Crippen LogP contribution is -2.58. The molecule has 1 saturated heterocycles. The van der Waals surface area contributed by atoms with Crippen LogP contribution in [0.2, 0.25) is 0 Å². The summed E-state index contributed by atoms with van der Waals surface area (Å²) in [7, 11) is 0. The van der Waals surface area contributed by atoms with Crippen LogP contribution >= 0.6 is 0 Å². The molecule has 1 aromatic rings. The normalized spacial score (nSPS) is 14.8. The van der Waals surface area contributed by atoms with Crippen molar-refractivity contribution in [1.82, 2.24) is 16.0 Å². The molecule has 2 rings (SSSR count). The summed E-state index contributed by atoms with van der Waals surface area (Å²) in [6.07, 6.45) is 0.762. The van der Waals surface area contributed by atoms with Crippen molar-refractivity contribution < 1.29 is 9.90 Å². The lowest BCUT2D eigenvalue weighted by Gasteiger charge is -2.27. The molecule has 4 N–H and O–H groups in total. The van der Waals surface area contributed by atoms with E-state index >= 15 is 0 Å². The Balaban J connectivity index is 1.77. The molecule has 1 aromatic carbocycles. The van der Waals surface area contributed by atoms with E-state index in [1.807, 2.05) is 26.0 Å². The van der Waals surface area contributed by atoms with Gasteiger partial charge in [-0.15, -0.1) is 0 Å². The van der Waals surface area contributed by atoms with Gasteiger partial charge in [-0.1, -0.05) is 12.1 Å². The minimum Gasteiger partial charge on any atom is -0.507 e. The lowest BCUT2D eigenvalue weighted by molar-refractivity contribution is 0.231. The highest BCUT2D eigenvalue weighted by atomic mass is 16.3. The number of carbonyl (C=O) groups is 1. The summed E-state index contributed by atoms with van der Waals surface area (Å²) in [5, 5.41) is 18.5. The smallest absolute Gasteiger partial charge is 0.315 e. The summed E-state index contributed by atoms with van der Waals surface area (Å²) in [6, 6.07) is 4.06. The van der Waals surface area contributed by atoms with E-state index in [1.165, 1.54) is 0 Å². The minimum atomic E-state index is -0.112. The summed E-state index contributed by atoms with van der Waals surface area (Å²) < 4.78 is 0. The van der Waals surface area contributed by atoms with E-state index in [9.17, 15) is 9.90 Å². The van der Waals surface area contributed by atoms with Crippen molar-refractivity contribution in [2.24, 2.45) is 0 Å². The highest BCUT2D eigenvalue weighted by Crippen LogP contribution is 2.22. The van der Waals surface area contributed by atoms with Gasteiger partial charge in [-0.2, -0.15) is 0 Å². The van der Waals surface area contributed by atoms with E-state index in [0.29, 0.717) is 12.3 Å². The monoisotopic (exact) mass is 263 g/mol. The summed E-state index contributed by atoms with van der Waals surface area (Å²) >= 11 is 0. The Morgan fingerprint density at radius 2 is 2.00 bits per heavy atom. The second-order valence-electron chi connectivity index (χ2n) is 5.08. The highest BCUT2D eigenvalue weighted by Gasteiger charge is 2.18. The number of aromatic hydroxyl groups is 1. The van der Waals surface area contributed by atoms with Gasteiger partial charge in [0.2, 0.25) is 0 Å². The molecule has 0 bridgehead atoms. The van der Waals surface area contributed by atoms with Crippen molar-refractivity contribution in [3.63, 3.8) is 0 Å². The molecule has 5 nitrogen and oxygen atoms in total. The van der Waals surface area contributed by atoms with E-state index in [2.05, 4.69) is 16.0 Å². The van der Waals surface area contributed by atoms with Gasteiger partial charge in [0.05, 0.1) is 6.04 Å². The van der Waals surface area contributed by atoms with Gasteiger partial charge < -0.3 is 21.1 Å². The predicted molar refractivity (Wildman–Crippen MR) is 74.5 cm³/mol. The quantitative estimate of drug-likeness (QED) is 0.650. The highest BCUT2D eigenvalue weighted by molar-refractivity contribution is 5.74. The number of hydrogen-bond acceptors (Lipinski definition) is 3. The summed E-state index contributed by atoms with van der Waals surface area (Å²) in [4.78, 5) is 11.5. The number of amides is 2. The maximum atomic E-state index is 11.5. The summed E-state index contributed by atoms with van der Waals surface area (Å²) in [5.74, 6) is 0.354. The maximum Gasteiger partial charge on any atom is 0.315 e. The SMILES string of the molecule is Cc1cc(CCNC(=O)NC2CNC2)cc(C)c1O. The lowest BCUT2D eigenvalue weighted by atomic mass is 10.0. The van der Waals surface area contributed by atoms with Crippen LogP contribution in [-0.4, -0.2) is 36.8 Å². The Bertz CT molecular complexity index is 447. The van der Waals surface area contributed by atoms with Crippen molar-refractivity contribution in [3.05, 3.63) is 28.8 Å². The molecule has 0 atom stereocenters. The van der Waals surface area contributed by atoms with Gasteiger partial charge in [-0.05, 0) is 37.0 Å². The Morgan fingerprint density at radius 3 is 2.53 bits per heavy atom. The van der Waals surface area contributed by atoms with Crippen LogP contribution in [0.1, 0.15) is 16.7 Å². The Hall–Kier alpha value is -1.75. The molecular weight excluding hydrogens is 242 g/mol. The van der Waals surface area contributed by atoms with E-state index in [1.54, 1.807) is 0 Å². The fourth-order valence-corrected chi connectivity index (χ4v) is 2.14. The molecular formula is C14H21N3O2. The van der Waals surface area contributed by atoms with Crippen LogP contribution in [0.5, 0.6) is 5.75 Å². The van der Waals surface area contributed by atoms with Crippen molar-refractivity contribution in [2.75, 3.05) is 19.6 Å². The number of benzene rings is 1. The number of phenols is 1. The fourth-order valence-electron chi connectivity index (χ4n) is 2.14. The first kappa shape index (κ1) is 13.7. The van der Waals surface area contributed by atoms with Crippen LogP contribution in [0.3, 0.4) is 0 Å². The van der Waals surface area contributed by atoms with Gasteiger partial charge in [0.15, 0.2) is 0 Å². The van der Waals surface area contributed by atoms with Crippen molar-refractivity contribution >= 4 is 6.03 Å². The standard InChI is InChI=1S/C14H21N3O2/c1-9-5-11(6-10(2)13(9)18)3-4-16-14(19)17-12-7-15-8-12/h5-6,12,15,18H,3-4,7-8H2,1-2H3,(H2,16,17,19). The molecule has 1 heterocycles. The number of nitrogens with one attached hydrogen (secondary N) is 3. The van der Waals surface area contributed by atoms with Crippen molar-refractivity contribution in [2.45, 2.75) is 26.3 Å². The third-order valence-electron chi connectivity index (χ3n) is 3.37. The largest absolute Gasteiger partial charge is 0.507 e. The zero-order valence-electron chi connectivity index (χ0n) is 11.4.